The Kier molecular flexibility index (Phi) is 8.42. The molecule has 29 heavy (non-hydrogen) atoms. The first-order chi connectivity index (χ1) is 13.6. The van der Waals surface area contributed by atoms with Gasteiger partial charge >= 0.3 is 6.03 Å². The SMILES string of the molecule is COc1ccc(OC)c(C(C)NC(=O)N(Cc2ccco2)Cc2cccs2)c1.Cl. The lowest BCUT2D eigenvalue weighted by atomic mass is 10.1. The van der Waals surface area contributed by atoms with Gasteiger partial charge in [0.05, 0.1) is 39.6 Å². The van der Waals surface area contributed by atoms with E-state index in [2.05, 4.69) is 5.32 Å². The number of hydrogen-bond acceptors (Lipinski definition) is 5. The quantitative estimate of drug-likeness (QED) is 0.523. The zero-order chi connectivity index (χ0) is 19.9. The minimum atomic E-state index is -0.264. The fourth-order valence-corrected chi connectivity index (χ4v) is 3.63. The molecule has 0 aliphatic heterocycles. The van der Waals surface area contributed by atoms with Crippen LogP contribution in [-0.2, 0) is 13.1 Å². The maximum Gasteiger partial charge on any atom is 0.318 e. The number of nitrogens with one attached hydrogen (secondary N) is 1. The summed E-state index contributed by atoms with van der Waals surface area (Å²) in [5.74, 6) is 2.14. The summed E-state index contributed by atoms with van der Waals surface area (Å²) >= 11 is 1.62. The molecule has 0 fully saturated rings. The fraction of sp³-hybridized carbons (Fsp3) is 0.286. The van der Waals surface area contributed by atoms with E-state index in [1.54, 1.807) is 36.7 Å². The molecule has 0 spiro atoms. The number of urea groups is 1. The molecule has 2 heterocycles. The van der Waals surface area contributed by atoms with Crippen LogP contribution in [0.25, 0.3) is 0 Å². The van der Waals surface area contributed by atoms with Crippen molar-refractivity contribution in [3.63, 3.8) is 0 Å². The van der Waals surface area contributed by atoms with Crippen LogP contribution in [0, 0.1) is 0 Å². The van der Waals surface area contributed by atoms with Gasteiger partial charge in [-0.25, -0.2) is 4.79 Å². The van der Waals surface area contributed by atoms with Crippen LogP contribution in [0.5, 0.6) is 11.5 Å². The van der Waals surface area contributed by atoms with Crippen molar-refractivity contribution in [1.29, 1.82) is 0 Å². The Bertz CT molecular complexity index is 848. The predicted molar refractivity (Wildman–Crippen MR) is 116 cm³/mol. The molecule has 0 bridgehead atoms. The van der Waals surface area contributed by atoms with Crippen molar-refractivity contribution in [2.45, 2.75) is 26.1 Å². The smallest absolute Gasteiger partial charge is 0.318 e. The number of thiophene rings is 1. The second kappa shape index (κ2) is 10.8. The van der Waals surface area contributed by atoms with Crippen molar-refractivity contribution in [1.82, 2.24) is 10.2 Å². The lowest BCUT2D eigenvalue weighted by Crippen LogP contribution is -2.40. The van der Waals surface area contributed by atoms with E-state index in [-0.39, 0.29) is 24.5 Å². The minimum absolute atomic E-state index is 0. The largest absolute Gasteiger partial charge is 0.497 e. The van der Waals surface area contributed by atoms with Gasteiger partial charge in [0.1, 0.15) is 17.3 Å². The summed E-state index contributed by atoms with van der Waals surface area (Å²) in [6.07, 6.45) is 1.61. The molecule has 1 atom stereocenters. The molecule has 1 aromatic carbocycles. The van der Waals surface area contributed by atoms with Gasteiger partial charge < -0.3 is 24.1 Å². The first-order valence-electron chi connectivity index (χ1n) is 8.93. The molecule has 3 rings (SSSR count). The van der Waals surface area contributed by atoms with Gasteiger partial charge in [0.2, 0.25) is 0 Å². The van der Waals surface area contributed by atoms with Crippen LogP contribution in [0.4, 0.5) is 4.79 Å². The Morgan fingerprint density at radius 1 is 1.17 bits per heavy atom. The molecule has 6 nitrogen and oxygen atoms in total. The molecular formula is C21H25ClN2O4S. The summed E-state index contributed by atoms with van der Waals surface area (Å²) < 4.78 is 16.2. The number of furan rings is 1. The first-order valence-corrected chi connectivity index (χ1v) is 9.80. The second-order valence-electron chi connectivity index (χ2n) is 6.29. The number of amides is 2. The first kappa shape index (κ1) is 22.6. The van der Waals surface area contributed by atoms with Gasteiger partial charge in [0.25, 0.3) is 0 Å². The number of methoxy groups -OCH3 is 2. The molecular weight excluding hydrogens is 412 g/mol. The Hall–Kier alpha value is -2.64. The third kappa shape index (κ3) is 5.92. The summed E-state index contributed by atoms with van der Waals surface area (Å²) in [5.41, 5.74) is 0.851. The standard InChI is InChI=1S/C21H24N2O4S.ClH/c1-15(19-12-16(25-2)8-9-20(19)26-3)22-21(24)23(13-17-6-4-10-27-17)14-18-7-5-11-28-18;/h4-12,15H,13-14H2,1-3H3,(H,22,24);1H. The van der Waals surface area contributed by atoms with Gasteiger partial charge in [0, 0.05) is 10.4 Å². The summed E-state index contributed by atoms with van der Waals surface area (Å²) in [4.78, 5) is 15.9. The normalized spacial score (nSPS) is 11.3. The zero-order valence-electron chi connectivity index (χ0n) is 16.6. The van der Waals surface area contributed by atoms with E-state index in [1.165, 1.54) is 0 Å². The number of carbonyl (C=O) groups excluding carboxylic acids is 1. The third-order valence-corrected chi connectivity index (χ3v) is 5.25. The predicted octanol–water partition coefficient (Wildman–Crippen LogP) is 5.25. The lowest BCUT2D eigenvalue weighted by Gasteiger charge is -2.25. The van der Waals surface area contributed by atoms with Gasteiger partial charge in [0.15, 0.2) is 0 Å². The number of hydrogen-bond donors (Lipinski definition) is 1. The fourth-order valence-electron chi connectivity index (χ4n) is 2.91. The molecule has 0 aliphatic carbocycles. The van der Waals surface area contributed by atoms with Crippen molar-refractivity contribution < 1.29 is 18.7 Å². The van der Waals surface area contributed by atoms with Gasteiger partial charge in [-0.3, -0.25) is 0 Å². The number of halogens is 1. The number of rotatable bonds is 8. The van der Waals surface area contributed by atoms with Gasteiger partial charge in [-0.2, -0.15) is 0 Å². The number of benzene rings is 1. The number of nitrogens with zero attached hydrogens (tertiary/aromatic N) is 1. The highest BCUT2D eigenvalue weighted by Gasteiger charge is 2.21. The van der Waals surface area contributed by atoms with Crippen LogP contribution < -0.4 is 14.8 Å². The monoisotopic (exact) mass is 436 g/mol. The molecule has 1 N–H and O–H groups in total. The van der Waals surface area contributed by atoms with Crippen molar-refractivity contribution in [3.05, 3.63) is 70.3 Å². The number of ether oxygens (including phenoxy) is 2. The maximum absolute atomic E-state index is 13.0. The molecule has 1 unspecified atom stereocenters. The van der Waals surface area contributed by atoms with E-state index in [0.29, 0.717) is 24.6 Å². The highest BCUT2D eigenvalue weighted by Crippen LogP contribution is 2.29. The van der Waals surface area contributed by atoms with Crippen molar-refractivity contribution >= 4 is 29.8 Å². The molecule has 2 amide bonds. The van der Waals surface area contributed by atoms with E-state index in [9.17, 15) is 4.79 Å². The molecule has 2 aromatic heterocycles. The summed E-state index contributed by atoms with van der Waals surface area (Å²) in [5, 5.41) is 5.06. The maximum atomic E-state index is 13.0. The van der Waals surface area contributed by atoms with E-state index < -0.39 is 0 Å². The highest BCUT2D eigenvalue weighted by molar-refractivity contribution is 7.09. The van der Waals surface area contributed by atoms with Crippen LogP contribution in [0.3, 0.4) is 0 Å². The van der Waals surface area contributed by atoms with Crippen LogP contribution in [-0.4, -0.2) is 25.2 Å². The average molecular weight is 437 g/mol. The van der Waals surface area contributed by atoms with Gasteiger partial charge in [-0.15, -0.1) is 23.7 Å². The Morgan fingerprint density at radius 2 is 2.00 bits per heavy atom. The summed E-state index contributed by atoms with van der Waals surface area (Å²) in [6, 6.07) is 12.8. The van der Waals surface area contributed by atoms with Crippen molar-refractivity contribution in [2.75, 3.05) is 14.2 Å². The zero-order valence-corrected chi connectivity index (χ0v) is 18.2. The van der Waals surface area contributed by atoms with E-state index in [0.717, 1.165) is 16.2 Å². The van der Waals surface area contributed by atoms with Crippen molar-refractivity contribution in [3.8, 4) is 11.5 Å². The molecule has 0 radical (unpaired) electrons. The summed E-state index contributed by atoms with van der Waals surface area (Å²) in [7, 11) is 3.22. The van der Waals surface area contributed by atoms with E-state index >= 15 is 0 Å². The minimum Gasteiger partial charge on any atom is -0.497 e. The topological polar surface area (TPSA) is 63.9 Å². The molecule has 0 saturated heterocycles. The Labute approximate surface area is 180 Å². The molecule has 156 valence electrons. The molecule has 3 aromatic rings. The molecule has 8 heteroatoms. The molecule has 0 saturated carbocycles. The average Bonchev–Trinajstić information content (AvgIpc) is 3.41. The molecule has 0 aliphatic rings. The van der Waals surface area contributed by atoms with Gasteiger partial charge in [-0.1, -0.05) is 6.07 Å². The van der Waals surface area contributed by atoms with Crippen LogP contribution in [0.15, 0.2) is 58.5 Å². The van der Waals surface area contributed by atoms with E-state index in [4.69, 9.17) is 13.9 Å². The van der Waals surface area contributed by atoms with Gasteiger partial charge in [-0.05, 0) is 48.7 Å². The van der Waals surface area contributed by atoms with Crippen LogP contribution in [0.2, 0.25) is 0 Å². The second-order valence-corrected chi connectivity index (χ2v) is 7.33. The Balaban J connectivity index is 0.00000300. The van der Waals surface area contributed by atoms with Crippen LogP contribution in [0.1, 0.15) is 29.2 Å². The Morgan fingerprint density at radius 3 is 2.62 bits per heavy atom. The van der Waals surface area contributed by atoms with E-state index in [1.807, 2.05) is 54.8 Å². The highest BCUT2D eigenvalue weighted by atomic mass is 35.5. The van der Waals surface area contributed by atoms with Crippen molar-refractivity contribution in [2.24, 2.45) is 0 Å². The summed E-state index contributed by atoms with van der Waals surface area (Å²) in [6.45, 7) is 2.82. The lowest BCUT2D eigenvalue weighted by molar-refractivity contribution is 0.184. The van der Waals surface area contributed by atoms with Crippen LogP contribution >= 0.6 is 23.7 Å². The third-order valence-electron chi connectivity index (χ3n) is 4.38. The number of carbonyl (C=O) groups is 1.